The van der Waals surface area contributed by atoms with Crippen molar-refractivity contribution in [1.29, 1.82) is 0 Å². The van der Waals surface area contributed by atoms with Crippen molar-refractivity contribution in [2.24, 2.45) is 0 Å². The molecule has 0 spiro atoms. The molecule has 2 aromatic carbocycles. The molecule has 2 aromatic rings. The molecule has 0 saturated carbocycles. The van der Waals surface area contributed by atoms with Gasteiger partial charge in [0, 0.05) is 28.8 Å². The first kappa shape index (κ1) is 23.2. The standard InChI is InChI=1S/C21H25BrClN3O3/c1-3-26(4-2)12-11-24-21(28)15-5-8-17(9-6-15)25-20(27)14-29-19-10-7-16(22)13-18(19)23/h5-10,13H,3-4,11-12,14H2,1-2H3,(H,24,28)(H,25,27). The van der Waals surface area contributed by atoms with Crippen LogP contribution in [0.25, 0.3) is 0 Å². The van der Waals surface area contributed by atoms with Gasteiger partial charge in [-0.25, -0.2) is 0 Å². The van der Waals surface area contributed by atoms with Crippen LogP contribution in [0.15, 0.2) is 46.9 Å². The molecule has 2 N–H and O–H groups in total. The summed E-state index contributed by atoms with van der Waals surface area (Å²) in [6.07, 6.45) is 0. The molecule has 0 heterocycles. The fourth-order valence-electron chi connectivity index (χ4n) is 2.61. The average Bonchev–Trinajstić information content (AvgIpc) is 2.71. The largest absolute Gasteiger partial charge is 0.482 e. The minimum atomic E-state index is -0.319. The molecule has 2 rings (SSSR count). The van der Waals surface area contributed by atoms with Gasteiger partial charge in [0.2, 0.25) is 0 Å². The first-order valence-electron chi connectivity index (χ1n) is 9.41. The van der Waals surface area contributed by atoms with Gasteiger partial charge in [0.1, 0.15) is 5.75 Å². The molecular formula is C21H25BrClN3O3. The van der Waals surface area contributed by atoms with Crippen molar-refractivity contribution >= 4 is 45.0 Å². The van der Waals surface area contributed by atoms with E-state index in [4.69, 9.17) is 16.3 Å². The first-order valence-corrected chi connectivity index (χ1v) is 10.6. The zero-order valence-electron chi connectivity index (χ0n) is 16.5. The van der Waals surface area contributed by atoms with Crippen LogP contribution in [0.1, 0.15) is 24.2 Å². The molecule has 0 unspecified atom stereocenters. The van der Waals surface area contributed by atoms with E-state index in [0.29, 0.717) is 28.6 Å². The van der Waals surface area contributed by atoms with E-state index in [-0.39, 0.29) is 18.4 Å². The quantitative estimate of drug-likeness (QED) is 0.533. The summed E-state index contributed by atoms with van der Waals surface area (Å²) in [7, 11) is 0. The highest BCUT2D eigenvalue weighted by molar-refractivity contribution is 9.10. The van der Waals surface area contributed by atoms with Crippen molar-refractivity contribution in [3.63, 3.8) is 0 Å². The van der Waals surface area contributed by atoms with Crippen molar-refractivity contribution in [2.45, 2.75) is 13.8 Å². The number of nitrogens with one attached hydrogen (secondary N) is 2. The van der Waals surface area contributed by atoms with E-state index in [2.05, 4.69) is 45.3 Å². The SMILES string of the molecule is CCN(CC)CCNC(=O)c1ccc(NC(=O)COc2ccc(Br)cc2Cl)cc1. The van der Waals surface area contributed by atoms with Crippen molar-refractivity contribution < 1.29 is 14.3 Å². The molecule has 29 heavy (non-hydrogen) atoms. The van der Waals surface area contributed by atoms with E-state index < -0.39 is 0 Å². The maximum Gasteiger partial charge on any atom is 0.262 e. The van der Waals surface area contributed by atoms with Gasteiger partial charge >= 0.3 is 0 Å². The highest BCUT2D eigenvalue weighted by Crippen LogP contribution is 2.27. The third kappa shape index (κ3) is 7.68. The summed E-state index contributed by atoms with van der Waals surface area (Å²) in [5.74, 6) is -0.0228. The maximum atomic E-state index is 12.2. The normalized spacial score (nSPS) is 10.7. The predicted octanol–water partition coefficient (Wildman–Crippen LogP) is 4.19. The number of carbonyl (C=O) groups excluding carboxylic acids is 2. The number of hydrogen-bond donors (Lipinski definition) is 2. The molecule has 156 valence electrons. The number of anilines is 1. The number of ether oxygens (including phenoxy) is 1. The average molecular weight is 483 g/mol. The van der Waals surface area contributed by atoms with Gasteiger partial charge in [-0.15, -0.1) is 0 Å². The Morgan fingerprint density at radius 1 is 1.10 bits per heavy atom. The monoisotopic (exact) mass is 481 g/mol. The van der Waals surface area contributed by atoms with Gasteiger partial charge in [-0.1, -0.05) is 41.4 Å². The molecule has 0 radical (unpaired) electrons. The third-order valence-corrected chi connectivity index (χ3v) is 5.08. The van der Waals surface area contributed by atoms with Gasteiger partial charge in [-0.05, 0) is 55.6 Å². The predicted molar refractivity (Wildman–Crippen MR) is 120 cm³/mol. The van der Waals surface area contributed by atoms with Gasteiger partial charge < -0.3 is 20.3 Å². The number of benzene rings is 2. The summed E-state index contributed by atoms with van der Waals surface area (Å²) < 4.78 is 6.27. The first-order chi connectivity index (χ1) is 13.9. The van der Waals surface area contributed by atoms with Gasteiger partial charge in [0.15, 0.2) is 6.61 Å². The second-order valence-corrected chi connectivity index (χ2v) is 7.59. The van der Waals surface area contributed by atoms with Gasteiger partial charge in [-0.2, -0.15) is 0 Å². The van der Waals surface area contributed by atoms with Crippen LogP contribution in [0.2, 0.25) is 5.02 Å². The number of hydrogen-bond acceptors (Lipinski definition) is 4. The molecule has 0 atom stereocenters. The van der Waals surface area contributed by atoms with Gasteiger partial charge in [0.05, 0.1) is 5.02 Å². The van der Waals surface area contributed by atoms with Crippen LogP contribution in [-0.4, -0.2) is 49.5 Å². The van der Waals surface area contributed by atoms with E-state index in [9.17, 15) is 9.59 Å². The fraction of sp³-hybridized carbons (Fsp3) is 0.333. The Hall–Kier alpha value is -2.09. The smallest absolute Gasteiger partial charge is 0.262 e. The highest BCUT2D eigenvalue weighted by atomic mass is 79.9. The number of halogens is 2. The van der Waals surface area contributed by atoms with Crippen LogP contribution in [0.4, 0.5) is 5.69 Å². The second kappa shape index (κ2) is 11.8. The molecule has 0 aliphatic carbocycles. The number of nitrogens with zero attached hydrogens (tertiary/aromatic N) is 1. The summed E-state index contributed by atoms with van der Waals surface area (Å²) in [5.41, 5.74) is 1.13. The molecule has 0 bridgehead atoms. The molecule has 0 aliphatic heterocycles. The summed E-state index contributed by atoms with van der Waals surface area (Å²) in [5, 5.41) is 6.05. The number of likely N-dealkylation sites (N-methyl/N-ethyl adjacent to an activating group) is 1. The topological polar surface area (TPSA) is 70.7 Å². The van der Waals surface area contributed by atoms with Gasteiger partial charge in [-0.3, -0.25) is 9.59 Å². The molecule has 0 fully saturated rings. The Bertz CT molecular complexity index is 826. The Kier molecular flexibility index (Phi) is 9.44. The maximum absolute atomic E-state index is 12.2. The molecular weight excluding hydrogens is 458 g/mol. The minimum absolute atomic E-state index is 0.136. The Balaban J connectivity index is 1.80. The lowest BCUT2D eigenvalue weighted by atomic mass is 10.2. The van der Waals surface area contributed by atoms with E-state index in [1.807, 2.05) is 0 Å². The lowest BCUT2D eigenvalue weighted by molar-refractivity contribution is -0.118. The van der Waals surface area contributed by atoms with Crippen LogP contribution in [-0.2, 0) is 4.79 Å². The summed E-state index contributed by atoms with van der Waals surface area (Å²) >= 11 is 9.38. The van der Waals surface area contributed by atoms with E-state index in [1.165, 1.54) is 0 Å². The Morgan fingerprint density at radius 3 is 2.41 bits per heavy atom. The highest BCUT2D eigenvalue weighted by Gasteiger charge is 2.09. The summed E-state index contributed by atoms with van der Waals surface area (Å²) in [6, 6.07) is 11.9. The molecule has 0 aliphatic rings. The lowest BCUT2D eigenvalue weighted by Gasteiger charge is -2.18. The van der Waals surface area contributed by atoms with Crippen LogP contribution in [0, 0.1) is 0 Å². The van der Waals surface area contributed by atoms with E-state index in [1.54, 1.807) is 42.5 Å². The van der Waals surface area contributed by atoms with Crippen molar-refractivity contribution in [2.75, 3.05) is 38.1 Å². The van der Waals surface area contributed by atoms with E-state index in [0.717, 1.165) is 24.1 Å². The third-order valence-electron chi connectivity index (χ3n) is 4.29. The Morgan fingerprint density at radius 2 is 1.79 bits per heavy atom. The van der Waals surface area contributed by atoms with Crippen LogP contribution < -0.4 is 15.4 Å². The van der Waals surface area contributed by atoms with E-state index >= 15 is 0 Å². The lowest BCUT2D eigenvalue weighted by Crippen LogP contribution is -2.34. The number of carbonyl (C=O) groups is 2. The molecule has 0 saturated heterocycles. The van der Waals surface area contributed by atoms with Crippen LogP contribution in [0.5, 0.6) is 5.75 Å². The molecule has 6 nitrogen and oxygen atoms in total. The fourth-order valence-corrected chi connectivity index (χ4v) is 3.33. The van der Waals surface area contributed by atoms with Crippen molar-refractivity contribution in [3.8, 4) is 5.75 Å². The second-order valence-electron chi connectivity index (χ2n) is 6.27. The van der Waals surface area contributed by atoms with Crippen LogP contribution in [0.3, 0.4) is 0 Å². The van der Waals surface area contributed by atoms with Crippen molar-refractivity contribution in [3.05, 3.63) is 57.5 Å². The summed E-state index contributed by atoms with van der Waals surface area (Å²) in [4.78, 5) is 26.5. The summed E-state index contributed by atoms with van der Waals surface area (Å²) in [6.45, 7) is 7.34. The molecule has 8 heteroatoms. The zero-order valence-corrected chi connectivity index (χ0v) is 18.8. The number of amides is 2. The van der Waals surface area contributed by atoms with Crippen LogP contribution >= 0.6 is 27.5 Å². The Labute approximate surface area is 184 Å². The van der Waals surface area contributed by atoms with Crippen molar-refractivity contribution in [1.82, 2.24) is 10.2 Å². The van der Waals surface area contributed by atoms with Gasteiger partial charge in [0.25, 0.3) is 11.8 Å². The molecule has 0 aromatic heterocycles. The zero-order chi connectivity index (χ0) is 21.2. The minimum Gasteiger partial charge on any atom is -0.482 e. The number of rotatable bonds is 10. The molecule has 2 amide bonds.